The van der Waals surface area contributed by atoms with Gasteiger partial charge in [0.2, 0.25) is 0 Å². The van der Waals surface area contributed by atoms with Gasteiger partial charge in [0, 0.05) is 0 Å². The van der Waals surface area contributed by atoms with Crippen molar-refractivity contribution >= 4 is 14.0 Å². The molecular formula is C11H23NO4P+. The maximum absolute atomic E-state index is 10.8. The van der Waals surface area contributed by atoms with E-state index in [-0.39, 0.29) is 5.57 Å². The second-order valence-corrected chi connectivity index (χ2v) is 6.12. The van der Waals surface area contributed by atoms with E-state index in [1.54, 1.807) is 0 Å². The Bertz CT molecular complexity index is 259. The molecule has 0 fully saturated rings. The Morgan fingerprint density at radius 1 is 1.41 bits per heavy atom. The number of carbonyl (C=O) groups excluding carboxylic acids is 1. The molecule has 0 amide bonds. The molecule has 0 aromatic rings. The minimum Gasteiger partial charge on any atom is -0.545 e. The van der Waals surface area contributed by atoms with Crippen molar-refractivity contribution in [1.29, 1.82) is 0 Å². The van der Waals surface area contributed by atoms with Crippen LogP contribution in [-0.4, -0.2) is 50.9 Å². The van der Waals surface area contributed by atoms with Gasteiger partial charge in [-0.2, -0.15) is 0 Å². The number of hydrogen-bond donors (Lipinski definition) is 0. The normalized spacial score (nSPS) is 11.2. The Hall–Kier alpha value is -0.770. The average Bonchev–Trinajstić information content (AvgIpc) is 2.16. The number of hydrogen-bond acceptors (Lipinski definition) is 4. The van der Waals surface area contributed by atoms with Gasteiger partial charge in [0.1, 0.15) is 6.54 Å². The molecule has 0 spiro atoms. The summed E-state index contributed by atoms with van der Waals surface area (Å²) in [5.41, 5.74) is 0.0648. The van der Waals surface area contributed by atoms with Crippen molar-refractivity contribution in [2.75, 3.05) is 40.5 Å². The molecule has 0 aliphatic heterocycles. The summed E-state index contributed by atoms with van der Waals surface area (Å²) in [7, 11) is 4.87. The van der Waals surface area contributed by atoms with Crippen molar-refractivity contribution in [1.82, 2.24) is 0 Å². The van der Waals surface area contributed by atoms with Gasteiger partial charge in [-0.1, -0.05) is 6.58 Å². The molecule has 0 aromatic carbocycles. The van der Waals surface area contributed by atoms with E-state index in [2.05, 4.69) is 27.7 Å². The summed E-state index contributed by atoms with van der Waals surface area (Å²) in [6, 6.07) is 0. The van der Waals surface area contributed by atoms with Crippen molar-refractivity contribution in [3.8, 4) is 0 Å². The summed E-state index contributed by atoms with van der Waals surface area (Å²) in [5, 5.41) is 9.49. The van der Waals surface area contributed by atoms with Gasteiger partial charge in [-0.25, -0.2) is 0 Å². The third-order valence-electron chi connectivity index (χ3n) is 1.60. The number of carboxylic acids is 1. The molecule has 5 nitrogen and oxygen atoms in total. The third kappa shape index (κ3) is 17.8. The fourth-order valence-electron chi connectivity index (χ4n) is 0.508. The molecule has 0 bridgehead atoms. The standard InChI is InChI=1S/C7H18NO2P.C4H6O2/c1-5-11(9)10-7-6-8(2,3)4;1-3(2)4(5)6/h5-7H2,1-4H3;1H2,2H3,(H,5,6)/q+2;/p-1. The Labute approximate surface area is 105 Å². The van der Waals surface area contributed by atoms with Gasteiger partial charge in [-0.3, -0.25) is 0 Å². The summed E-state index contributed by atoms with van der Waals surface area (Å²) in [4.78, 5) is 9.49. The van der Waals surface area contributed by atoms with E-state index in [1.165, 1.54) is 6.92 Å². The second kappa shape index (κ2) is 9.28. The minimum atomic E-state index is -1.39. The summed E-state index contributed by atoms with van der Waals surface area (Å²) >= 11 is 0. The quantitative estimate of drug-likeness (QED) is 0.404. The van der Waals surface area contributed by atoms with Crippen LogP contribution >= 0.6 is 8.03 Å². The zero-order valence-corrected chi connectivity index (χ0v) is 12.3. The van der Waals surface area contributed by atoms with E-state index >= 15 is 0 Å². The summed E-state index contributed by atoms with van der Waals surface area (Å²) in [6.45, 7) is 7.84. The van der Waals surface area contributed by atoms with Crippen LogP contribution in [0, 0.1) is 0 Å². The maximum atomic E-state index is 10.8. The Kier molecular flexibility index (Phi) is 10.1. The first-order valence-corrected chi connectivity index (χ1v) is 6.71. The highest BCUT2D eigenvalue weighted by Gasteiger charge is 2.15. The molecule has 0 radical (unpaired) electrons. The number of carboxylic acid groups (broad SMARTS) is 1. The molecule has 0 aromatic heterocycles. The lowest BCUT2D eigenvalue weighted by atomic mass is 10.4. The Morgan fingerprint density at radius 3 is 2.06 bits per heavy atom. The predicted octanol–water partition coefficient (Wildman–Crippen LogP) is 0.784. The molecule has 0 saturated heterocycles. The lowest BCUT2D eigenvalue weighted by Crippen LogP contribution is -2.37. The molecule has 17 heavy (non-hydrogen) atoms. The van der Waals surface area contributed by atoms with Crippen molar-refractivity contribution in [3.63, 3.8) is 0 Å². The highest BCUT2D eigenvalue weighted by atomic mass is 31.1. The molecule has 0 heterocycles. The molecule has 6 heteroatoms. The van der Waals surface area contributed by atoms with Crippen molar-refractivity contribution in [2.45, 2.75) is 13.8 Å². The van der Waals surface area contributed by atoms with Crippen LogP contribution in [0.25, 0.3) is 0 Å². The summed E-state index contributed by atoms with van der Waals surface area (Å²) in [5.74, 6) is -1.19. The second-order valence-electron chi connectivity index (χ2n) is 4.56. The predicted molar refractivity (Wildman–Crippen MR) is 66.8 cm³/mol. The molecule has 1 atom stereocenters. The van der Waals surface area contributed by atoms with E-state index in [0.717, 1.165) is 11.0 Å². The fourth-order valence-corrected chi connectivity index (χ4v) is 0.976. The van der Waals surface area contributed by atoms with Gasteiger partial charge in [0.15, 0.2) is 12.8 Å². The summed E-state index contributed by atoms with van der Waals surface area (Å²) in [6.07, 6.45) is 0.618. The highest BCUT2D eigenvalue weighted by Crippen LogP contribution is 2.20. The third-order valence-corrected chi connectivity index (χ3v) is 2.59. The highest BCUT2D eigenvalue weighted by molar-refractivity contribution is 7.39. The molecule has 0 rings (SSSR count). The zero-order valence-electron chi connectivity index (χ0n) is 11.4. The molecule has 0 aliphatic rings. The number of rotatable bonds is 6. The van der Waals surface area contributed by atoms with Crippen LogP contribution in [0.15, 0.2) is 12.2 Å². The van der Waals surface area contributed by atoms with Gasteiger partial charge < -0.3 is 14.4 Å². The van der Waals surface area contributed by atoms with Crippen LogP contribution in [0.5, 0.6) is 0 Å². The van der Waals surface area contributed by atoms with Crippen molar-refractivity contribution in [2.24, 2.45) is 0 Å². The van der Waals surface area contributed by atoms with Crippen molar-refractivity contribution in [3.05, 3.63) is 12.2 Å². The van der Waals surface area contributed by atoms with Gasteiger partial charge in [-0.05, 0) is 24.0 Å². The van der Waals surface area contributed by atoms with E-state index in [0.29, 0.717) is 12.8 Å². The monoisotopic (exact) mass is 264 g/mol. The Morgan fingerprint density at radius 2 is 1.82 bits per heavy atom. The van der Waals surface area contributed by atoms with Crippen LogP contribution in [0.2, 0.25) is 0 Å². The Balaban J connectivity index is 0. The van der Waals surface area contributed by atoms with Gasteiger partial charge in [0.05, 0.1) is 27.1 Å². The van der Waals surface area contributed by atoms with Crippen LogP contribution in [0.1, 0.15) is 13.8 Å². The molecule has 1 unspecified atom stereocenters. The number of aliphatic carboxylic acids is 1. The molecule has 100 valence electrons. The molecule has 0 N–H and O–H groups in total. The first-order chi connectivity index (χ1) is 7.60. The van der Waals surface area contributed by atoms with E-state index in [9.17, 15) is 14.5 Å². The van der Waals surface area contributed by atoms with Crippen molar-refractivity contribution < 1.29 is 23.5 Å². The number of carbonyl (C=O) groups is 1. The molecule has 0 aliphatic carbocycles. The largest absolute Gasteiger partial charge is 0.545 e. The number of nitrogens with zero attached hydrogens (tertiary/aromatic N) is 1. The maximum Gasteiger partial charge on any atom is 0.507 e. The molecular weight excluding hydrogens is 241 g/mol. The molecule has 0 saturated carbocycles. The zero-order chi connectivity index (χ0) is 14.1. The van der Waals surface area contributed by atoms with Crippen LogP contribution in [0.4, 0.5) is 0 Å². The SMILES string of the molecule is C=C(C)C(=O)[O-].CC[P+](=O)OCC[N+](C)(C)C. The van der Waals surface area contributed by atoms with Gasteiger partial charge >= 0.3 is 8.03 Å². The number of quaternary nitrogens is 1. The van der Waals surface area contributed by atoms with E-state index < -0.39 is 14.0 Å². The smallest absolute Gasteiger partial charge is 0.507 e. The van der Waals surface area contributed by atoms with Crippen LogP contribution in [-0.2, 0) is 13.9 Å². The average molecular weight is 264 g/mol. The lowest BCUT2D eigenvalue weighted by molar-refractivity contribution is -0.870. The topological polar surface area (TPSA) is 66.4 Å². The first kappa shape index (κ1) is 18.6. The minimum absolute atomic E-state index is 0.0648. The number of likely N-dealkylation sites (N-methyl/N-ethyl adjacent to an activating group) is 1. The summed E-state index contributed by atoms with van der Waals surface area (Å²) < 4.78 is 16.7. The van der Waals surface area contributed by atoms with Crippen LogP contribution < -0.4 is 5.11 Å². The lowest BCUT2D eigenvalue weighted by Gasteiger charge is -2.21. The van der Waals surface area contributed by atoms with E-state index in [4.69, 9.17) is 4.52 Å². The van der Waals surface area contributed by atoms with Gasteiger partial charge in [0.25, 0.3) is 0 Å². The van der Waals surface area contributed by atoms with E-state index in [1.807, 2.05) is 6.92 Å². The first-order valence-electron chi connectivity index (χ1n) is 5.35. The van der Waals surface area contributed by atoms with Gasteiger partial charge in [-0.15, -0.1) is 4.52 Å². The fraction of sp³-hybridized carbons (Fsp3) is 0.727. The van der Waals surface area contributed by atoms with Crippen LogP contribution in [0.3, 0.4) is 0 Å².